The van der Waals surface area contributed by atoms with Gasteiger partial charge in [0.15, 0.2) is 5.96 Å². The maximum atomic E-state index is 12.5. The molecule has 1 aliphatic rings. The van der Waals surface area contributed by atoms with E-state index in [1.165, 1.54) is 0 Å². The topological polar surface area (TPSA) is 124 Å². The molecule has 10 nitrogen and oxygen atoms in total. The molecule has 0 spiro atoms. The summed E-state index contributed by atoms with van der Waals surface area (Å²) in [6.07, 6.45) is -0.461. The number of nitrogens with one attached hydrogen (secondary N) is 4. The van der Waals surface area contributed by atoms with Crippen LogP contribution in [-0.2, 0) is 16.1 Å². The summed E-state index contributed by atoms with van der Waals surface area (Å²) in [5.41, 5.74) is 0.995. The van der Waals surface area contributed by atoms with Crippen molar-refractivity contribution in [1.82, 2.24) is 26.2 Å². The highest BCUT2D eigenvalue weighted by molar-refractivity contribution is 5.97. The zero-order valence-electron chi connectivity index (χ0n) is 18.6. The van der Waals surface area contributed by atoms with Gasteiger partial charge in [0.25, 0.3) is 5.91 Å². The van der Waals surface area contributed by atoms with Crippen LogP contribution < -0.4 is 21.3 Å². The second-order valence-corrected chi connectivity index (χ2v) is 8.05. The highest BCUT2D eigenvalue weighted by atomic mass is 16.6. The number of amides is 3. The summed E-state index contributed by atoms with van der Waals surface area (Å²) < 4.78 is 5.18. The monoisotopic (exact) mass is 432 g/mol. The molecule has 4 N–H and O–H groups in total. The van der Waals surface area contributed by atoms with Gasteiger partial charge in [-0.3, -0.25) is 14.6 Å². The van der Waals surface area contributed by atoms with Crippen LogP contribution in [0.5, 0.6) is 0 Å². The normalized spacial score (nSPS) is 14.5. The number of guanidine groups is 1. The van der Waals surface area contributed by atoms with Crippen molar-refractivity contribution in [2.75, 3.05) is 39.8 Å². The highest BCUT2D eigenvalue weighted by Gasteiger charge is 2.22. The van der Waals surface area contributed by atoms with Crippen LogP contribution in [0.15, 0.2) is 29.3 Å². The summed E-state index contributed by atoms with van der Waals surface area (Å²) in [5.74, 6) is 0.301. The van der Waals surface area contributed by atoms with Gasteiger partial charge in [0, 0.05) is 45.3 Å². The molecular weight excluding hydrogens is 400 g/mol. The number of piperazine rings is 1. The van der Waals surface area contributed by atoms with Gasteiger partial charge >= 0.3 is 6.09 Å². The van der Waals surface area contributed by atoms with Crippen molar-refractivity contribution in [3.8, 4) is 0 Å². The molecule has 1 aromatic rings. The maximum Gasteiger partial charge on any atom is 0.407 e. The predicted octanol–water partition coefficient (Wildman–Crippen LogP) is 0.448. The second kappa shape index (κ2) is 11.2. The van der Waals surface area contributed by atoms with Crippen LogP contribution in [0.4, 0.5) is 4.79 Å². The molecule has 0 aromatic heterocycles. The first-order valence-corrected chi connectivity index (χ1v) is 10.2. The molecule has 31 heavy (non-hydrogen) atoms. The van der Waals surface area contributed by atoms with Gasteiger partial charge in [-0.2, -0.15) is 0 Å². The Bertz CT molecular complexity index is 801. The average molecular weight is 433 g/mol. The van der Waals surface area contributed by atoms with Crippen molar-refractivity contribution < 1.29 is 19.1 Å². The zero-order valence-corrected chi connectivity index (χ0v) is 18.6. The van der Waals surface area contributed by atoms with Gasteiger partial charge in [-0.05, 0) is 38.5 Å². The number of benzene rings is 1. The number of hydrogen-bond acceptors (Lipinski definition) is 5. The third-order valence-corrected chi connectivity index (χ3v) is 4.30. The summed E-state index contributed by atoms with van der Waals surface area (Å²) in [6, 6.07) is 7.24. The Balaban J connectivity index is 1.74. The number of aliphatic imine (C=N–C) groups is 1. The summed E-state index contributed by atoms with van der Waals surface area (Å²) in [6.45, 7) is 7.90. The molecule has 0 saturated carbocycles. The van der Waals surface area contributed by atoms with E-state index in [1.807, 2.05) is 32.9 Å². The van der Waals surface area contributed by atoms with Crippen molar-refractivity contribution in [3.05, 3.63) is 35.4 Å². The number of carbonyl (C=O) groups excluding carboxylic acids is 3. The standard InChI is InChI=1S/C21H32N6O4/c1-21(2,3)31-20(30)25-10-9-24-19(22-4)26-13-15-5-7-16(8-6-15)18(29)27-12-11-23-17(28)14-27/h5-8H,9-14H2,1-4H3,(H,23,28)(H,25,30)(H2,22,24,26). The van der Waals surface area contributed by atoms with Gasteiger partial charge in [0.05, 0.1) is 6.54 Å². The Labute approximate surface area is 182 Å². The Morgan fingerprint density at radius 1 is 1.13 bits per heavy atom. The van der Waals surface area contributed by atoms with Crippen molar-refractivity contribution in [3.63, 3.8) is 0 Å². The molecule has 10 heteroatoms. The molecule has 2 rings (SSSR count). The van der Waals surface area contributed by atoms with Gasteiger partial charge in [-0.15, -0.1) is 0 Å². The van der Waals surface area contributed by atoms with Gasteiger partial charge in [0.1, 0.15) is 5.60 Å². The third-order valence-electron chi connectivity index (χ3n) is 4.30. The quantitative estimate of drug-likeness (QED) is 0.294. The molecule has 0 aliphatic carbocycles. The van der Waals surface area contributed by atoms with E-state index in [1.54, 1.807) is 24.1 Å². The van der Waals surface area contributed by atoms with E-state index < -0.39 is 11.7 Å². The molecule has 0 atom stereocenters. The summed E-state index contributed by atoms with van der Waals surface area (Å²) in [7, 11) is 1.66. The maximum absolute atomic E-state index is 12.5. The van der Waals surface area contributed by atoms with Crippen LogP contribution >= 0.6 is 0 Å². The lowest BCUT2D eigenvalue weighted by atomic mass is 10.1. The zero-order chi connectivity index (χ0) is 22.9. The predicted molar refractivity (Wildman–Crippen MR) is 118 cm³/mol. The number of alkyl carbamates (subject to hydrolysis) is 1. The Kier molecular flexibility index (Phi) is 8.65. The fraction of sp³-hybridized carbons (Fsp3) is 0.524. The van der Waals surface area contributed by atoms with E-state index in [-0.39, 0.29) is 18.4 Å². The molecule has 1 saturated heterocycles. The van der Waals surface area contributed by atoms with Crippen molar-refractivity contribution >= 4 is 23.9 Å². The lowest BCUT2D eigenvalue weighted by Crippen LogP contribution is -2.49. The third kappa shape index (κ3) is 8.53. The number of nitrogens with zero attached hydrogens (tertiary/aromatic N) is 2. The van der Waals surface area contributed by atoms with E-state index in [0.717, 1.165) is 5.56 Å². The minimum absolute atomic E-state index is 0.0902. The van der Waals surface area contributed by atoms with Gasteiger partial charge in [-0.25, -0.2) is 4.79 Å². The van der Waals surface area contributed by atoms with E-state index in [0.29, 0.717) is 44.2 Å². The second-order valence-electron chi connectivity index (χ2n) is 8.05. The highest BCUT2D eigenvalue weighted by Crippen LogP contribution is 2.09. The molecule has 1 aliphatic heterocycles. The van der Waals surface area contributed by atoms with Crippen molar-refractivity contribution in [2.45, 2.75) is 32.9 Å². The van der Waals surface area contributed by atoms with E-state index in [9.17, 15) is 14.4 Å². The number of carbonyl (C=O) groups is 3. The molecule has 0 bridgehead atoms. The van der Waals surface area contributed by atoms with Crippen LogP contribution in [0.1, 0.15) is 36.7 Å². The molecule has 1 aromatic carbocycles. The molecule has 0 unspecified atom stereocenters. The first kappa shape index (κ1) is 24.0. The summed E-state index contributed by atoms with van der Waals surface area (Å²) >= 11 is 0. The number of rotatable bonds is 6. The molecule has 0 radical (unpaired) electrons. The minimum atomic E-state index is -0.530. The summed E-state index contributed by atoms with van der Waals surface area (Å²) in [5, 5.41) is 11.7. The van der Waals surface area contributed by atoms with Gasteiger partial charge in [0.2, 0.25) is 5.91 Å². The molecule has 3 amide bonds. The Hall–Kier alpha value is -3.30. The molecule has 1 heterocycles. The van der Waals surface area contributed by atoms with Crippen LogP contribution in [0.25, 0.3) is 0 Å². The Morgan fingerprint density at radius 2 is 1.81 bits per heavy atom. The largest absolute Gasteiger partial charge is 0.444 e. The van der Waals surface area contributed by atoms with E-state index in [4.69, 9.17) is 4.74 Å². The smallest absolute Gasteiger partial charge is 0.407 e. The summed E-state index contributed by atoms with van der Waals surface area (Å²) in [4.78, 5) is 41.3. The minimum Gasteiger partial charge on any atom is -0.444 e. The molecular formula is C21H32N6O4. The molecule has 170 valence electrons. The van der Waals surface area contributed by atoms with Gasteiger partial charge in [-0.1, -0.05) is 12.1 Å². The van der Waals surface area contributed by atoms with Crippen LogP contribution in [0.2, 0.25) is 0 Å². The van der Waals surface area contributed by atoms with Crippen molar-refractivity contribution in [2.24, 2.45) is 4.99 Å². The van der Waals surface area contributed by atoms with E-state index in [2.05, 4.69) is 26.3 Å². The number of ether oxygens (including phenoxy) is 1. The average Bonchev–Trinajstić information content (AvgIpc) is 2.72. The molecule has 1 fully saturated rings. The fourth-order valence-electron chi connectivity index (χ4n) is 2.83. The lowest BCUT2D eigenvalue weighted by molar-refractivity contribution is -0.123. The van der Waals surface area contributed by atoms with Crippen LogP contribution in [0.3, 0.4) is 0 Å². The van der Waals surface area contributed by atoms with Crippen LogP contribution in [0, 0.1) is 0 Å². The Morgan fingerprint density at radius 3 is 2.42 bits per heavy atom. The SMILES string of the molecule is CN=C(NCCNC(=O)OC(C)(C)C)NCc1ccc(C(=O)N2CCNC(=O)C2)cc1. The fourth-order valence-corrected chi connectivity index (χ4v) is 2.83. The first-order chi connectivity index (χ1) is 14.7. The van der Waals surface area contributed by atoms with E-state index >= 15 is 0 Å². The van der Waals surface area contributed by atoms with Gasteiger partial charge < -0.3 is 30.9 Å². The first-order valence-electron chi connectivity index (χ1n) is 10.2. The van der Waals surface area contributed by atoms with Crippen molar-refractivity contribution in [1.29, 1.82) is 0 Å². The number of hydrogen-bond donors (Lipinski definition) is 4. The lowest BCUT2D eigenvalue weighted by Gasteiger charge is -2.26. The van der Waals surface area contributed by atoms with Crippen LogP contribution in [-0.4, -0.2) is 74.1 Å².